The Hall–Kier alpha value is -1.38. The van der Waals surface area contributed by atoms with E-state index in [-0.39, 0.29) is 23.8 Å². The zero-order valence-corrected chi connectivity index (χ0v) is 13.6. The van der Waals surface area contributed by atoms with Crippen LogP contribution < -0.4 is 16.4 Å². The number of benzene rings is 1. The van der Waals surface area contributed by atoms with Crippen molar-refractivity contribution in [3.8, 4) is 0 Å². The Balaban J connectivity index is 2.76. The molecule has 0 fully saturated rings. The summed E-state index contributed by atoms with van der Waals surface area (Å²) in [4.78, 5) is 35.6. The molecular formula is C13H16BrN3O3S. The number of carbonyl (C=O) groups excluding carboxylic acids is 3. The third-order valence-corrected chi connectivity index (χ3v) is 3.62. The van der Waals surface area contributed by atoms with E-state index in [4.69, 9.17) is 5.73 Å². The summed E-state index contributed by atoms with van der Waals surface area (Å²) in [5, 5.41) is 5.30. The van der Waals surface area contributed by atoms with Gasteiger partial charge in [0.2, 0.25) is 5.91 Å². The third-order valence-electron chi connectivity index (χ3n) is 2.32. The van der Waals surface area contributed by atoms with Crippen LogP contribution in [0.5, 0.6) is 0 Å². The Morgan fingerprint density at radius 1 is 1.24 bits per heavy atom. The van der Waals surface area contributed by atoms with Crippen molar-refractivity contribution >= 4 is 44.7 Å². The number of alkyl halides is 1. The monoisotopic (exact) mass is 373 g/mol. The average molecular weight is 374 g/mol. The summed E-state index contributed by atoms with van der Waals surface area (Å²) in [5.41, 5.74) is 5.53. The summed E-state index contributed by atoms with van der Waals surface area (Å²) in [5.74, 6) is -0.976. The van der Waals surface area contributed by atoms with Crippen LogP contribution in [0.1, 0.15) is 16.8 Å². The van der Waals surface area contributed by atoms with Crippen molar-refractivity contribution in [1.82, 2.24) is 10.6 Å². The number of amides is 3. The van der Waals surface area contributed by atoms with Gasteiger partial charge in [-0.25, -0.2) is 0 Å². The van der Waals surface area contributed by atoms with Gasteiger partial charge in [0.25, 0.3) is 11.1 Å². The van der Waals surface area contributed by atoms with Crippen LogP contribution in [-0.2, 0) is 4.79 Å². The summed E-state index contributed by atoms with van der Waals surface area (Å²) >= 11 is 4.12. The first kappa shape index (κ1) is 17.7. The number of halogens is 1. The molecule has 1 aromatic carbocycles. The van der Waals surface area contributed by atoms with Gasteiger partial charge in [0.15, 0.2) is 0 Å². The summed E-state index contributed by atoms with van der Waals surface area (Å²) in [6, 6.07) is 6.60. The van der Waals surface area contributed by atoms with Gasteiger partial charge in [-0.1, -0.05) is 28.1 Å². The van der Waals surface area contributed by atoms with Crippen molar-refractivity contribution in [1.29, 1.82) is 0 Å². The maximum absolute atomic E-state index is 12.0. The van der Waals surface area contributed by atoms with E-state index in [2.05, 4.69) is 26.6 Å². The van der Waals surface area contributed by atoms with Gasteiger partial charge in [-0.2, -0.15) is 0 Å². The van der Waals surface area contributed by atoms with Crippen LogP contribution in [0.25, 0.3) is 0 Å². The molecule has 8 heteroatoms. The van der Waals surface area contributed by atoms with E-state index in [0.717, 1.165) is 11.8 Å². The van der Waals surface area contributed by atoms with Crippen LogP contribution in [0.3, 0.4) is 0 Å². The quantitative estimate of drug-likeness (QED) is 0.517. The molecule has 4 N–H and O–H groups in total. The van der Waals surface area contributed by atoms with E-state index in [9.17, 15) is 14.4 Å². The summed E-state index contributed by atoms with van der Waals surface area (Å²) in [6.45, 7) is 0.666. The third kappa shape index (κ3) is 6.28. The van der Waals surface area contributed by atoms with Crippen LogP contribution in [0.2, 0.25) is 0 Å². The normalized spacial score (nSPS) is 10.0. The predicted octanol–water partition coefficient (Wildman–Crippen LogP) is 1.49. The lowest BCUT2D eigenvalue weighted by Gasteiger charge is -2.08. The molecule has 0 aromatic heterocycles. The second kappa shape index (κ2) is 9.54. The molecule has 0 unspecified atom stereocenters. The molecule has 0 atom stereocenters. The first-order valence-electron chi connectivity index (χ1n) is 6.23. The maximum Gasteiger partial charge on any atom is 0.283 e. The average Bonchev–Trinajstić information content (AvgIpc) is 2.45. The first-order chi connectivity index (χ1) is 10.1. The van der Waals surface area contributed by atoms with Crippen molar-refractivity contribution in [3.05, 3.63) is 29.8 Å². The predicted molar refractivity (Wildman–Crippen MR) is 85.6 cm³/mol. The fourth-order valence-corrected chi connectivity index (χ4v) is 2.41. The molecule has 114 valence electrons. The van der Waals surface area contributed by atoms with Crippen LogP contribution in [0.15, 0.2) is 29.2 Å². The van der Waals surface area contributed by atoms with E-state index in [0.29, 0.717) is 16.8 Å². The van der Waals surface area contributed by atoms with Crippen molar-refractivity contribution in [2.75, 3.05) is 18.4 Å². The van der Waals surface area contributed by atoms with Gasteiger partial charge in [0.05, 0.1) is 5.56 Å². The largest absolute Gasteiger partial charge is 0.346 e. The highest BCUT2D eigenvalue weighted by Crippen LogP contribution is 2.23. The summed E-state index contributed by atoms with van der Waals surface area (Å²) in [6.07, 6.45) is 0.0762. The Morgan fingerprint density at radius 3 is 2.62 bits per heavy atom. The molecule has 0 saturated carbocycles. The molecule has 0 aliphatic heterocycles. The van der Waals surface area contributed by atoms with E-state index < -0.39 is 11.8 Å². The molecule has 0 aliphatic carbocycles. The number of imide groups is 1. The number of hydrogen-bond donors (Lipinski definition) is 3. The zero-order valence-electron chi connectivity index (χ0n) is 11.2. The summed E-state index contributed by atoms with van der Waals surface area (Å²) in [7, 11) is 0. The second-order valence-electron chi connectivity index (χ2n) is 3.92. The maximum atomic E-state index is 12.0. The summed E-state index contributed by atoms with van der Waals surface area (Å²) < 4.78 is 0. The highest BCUT2D eigenvalue weighted by molar-refractivity contribution is 9.09. The van der Waals surface area contributed by atoms with Gasteiger partial charge in [0.1, 0.15) is 0 Å². The Morgan fingerprint density at radius 2 is 1.95 bits per heavy atom. The Labute approximate surface area is 135 Å². The number of nitrogens with two attached hydrogens (primary N) is 1. The number of thioether (sulfide) groups is 1. The van der Waals surface area contributed by atoms with E-state index in [1.807, 2.05) is 0 Å². The smallest absolute Gasteiger partial charge is 0.283 e. The highest BCUT2D eigenvalue weighted by atomic mass is 79.9. The molecule has 1 rings (SSSR count). The lowest BCUT2D eigenvalue weighted by atomic mass is 10.2. The zero-order chi connectivity index (χ0) is 15.7. The molecule has 0 saturated heterocycles. The molecule has 21 heavy (non-hydrogen) atoms. The fourth-order valence-electron chi connectivity index (χ4n) is 1.42. The molecule has 0 heterocycles. The van der Waals surface area contributed by atoms with E-state index in [1.165, 1.54) is 0 Å². The van der Waals surface area contributed by atoms with Crippen LogP contribution >= 0.6 is 27.7 Å². The second-order valence-corrected chi connectivity index (χ2v) is 5.73. The molecular weight excluding hydrogens is 358 g/mol. The minimum absolute atomic E-state index is 0.0762. The van der Waals surface area contributed by atoms with Crippen LogP contribution in [-0.4, -0.2) is 35.5 Å². The molecule has 1 aromatic rings. The number of nitrogens with one attached hydrogen (secondary N) is 2. The molecule has 6 nitrogen and oxygen atoms in total. The van der Waals surface area contributed by atoms with Gasteiger partial charge in [-0.15, -0.1) is 0 Å². The van der Waals surface area contributed by atoms with Gasteiger partial charge in [-0.3, -0.25) is 19.7 Å². The Kier molecular flexibility index (Phi) is 8.03. The molecule has 0 bridgehead atoms. The van der Waals surface area contributed by atoms with Gasteiger partial charge < -0.3 is 11.1 Å². The van der Waals surface area contributed by atoms with E-state index in [1.54, 1.807) is 24.3 Å². The molecule has 0 radical (unpaired) electrons. The topological polar surface area (TPSA) is 101 Å². The number of rotatable bonds is 6. The first-order valence-corrected chi connectivity index (χ1v) is 8.17. The van der Waals surface area contributed by atoms with Crippen LogP contribution in [0, 0.1) is 0 Å². The molecule has 0 spiro atoms. The minimum atomic E-state index is -0.537. The van der Waals surface area contributed by atoms with Gasteiger partial charge in [-0.05, 0) is 23.9 Å². The van der Waals surface area contributed by atoms with E-state index >= 15 is 0 Å². The SMILES string of the molecule is NCCC(=O)NC(=O)c1ccccc1SC(=O)NCCBr. The van der Waals surface area contributed by atoms with Crippen molar-refractivity contribution in [2.24, 2.45) is 5.73 Å². The molecule has 3 amide bonds. The van der Waals surface area contributed by atoms with Gasteiger partial charge in [0, 0.05) is 29.7 Å². The van der Waals surface area contributed by atoms with Crippen molar-refractivity contribution in [2.45, 2.75) is 11.3 Å². The minimum Gasteiger partial charge on any atom is -0.346 e. The van der Waals surface area contributed by atoms with Crippen LogP contribution in [0.4, 0.5) is 4.79 Å². The standard InChI is InChI=1S/C13H16BrN3O3S/c14-6-8-16-13(20)21-10-4-2-1-3-9(10)12(19)17-11(18)5-7-15/h1-4H,5-8,15H2,(H,16,20)(H,17,18,19). The highest BCUT2D eigenvalue weighted by Gasteiger charge is 2.16. The van der Waals surface area contributed by atoms with Crippen molar-refractivity contribution in [3.63, 3.8) is 0 Å². The van der Waals surface area contributed by atoms with Gasteiger partial charge >= 0.3 is 0 Å². The number of hydrogen-bond acceptors (Lipinski definition) is 5. The lowest BCUT2D eigenvalue weighted by Crippen LogP contribution is -2.32. The fraction of sp³-hybridized carbons (Fsp3) is 0.308. The molecule has 0 aliphatic rings. The number of carbonyl (C=O) groups is 3. The van der Waals surface area contributed by atoms with Crippen molar-refractivity contribution < 1.29 is 14.4 Å². The lowest BCUT2D eigenvalue weighted by molar-refractivity contribution is -0.119. The Bertz CT molecular complexity index is 525.